The van der Waals surface area contributed by atoms with Crippen molar-refractivity contribution in [1.29, 1.82) is 0 Å². The van der Waals surface area contributed by atoms with E-state index in [1.807, 2.05) is 47.8 Å². The number of aromatic nitrogens is 3. The van der Waals surface area contributed by atoms with E-state index in [2.05, 4.69) is 20.3 Å². The predicted molar refractivity (Wildman–Crippen MR) is 108 cm³/mol. The number of thiazole rings is 1. The molecule has 0 aliphatic heterocycles. The maximum absolute atomic E-state index is 12.7. The highest BCUT2D eigenvalue weighted by Gasteiger charge is 2.15. The molecule has 4 rings (SSSR count). The number of hydrogen-bond acceptors (Lipinski definition) is 5. The van der Waals surface area contributed by atoms with Crippen LogP contribution in [-0.2, 0) is 0 Å². The van der Waals surface area contributed by atoms with Crippen LogP contribution in [0.3, 0.4) is 0 Å². The topological polar surface area (TPSA) is 67.8 Å². The second-order valence-corrected chi connectivity index (χ2v) is 6.88. The van der Waals surface area contributed by atoms with Gasteiger partial charge in [-0.2, -0.15) is 0 Å². The zero-order valence-corrected chi connectivity index (χ0v) is 15.5. The summed E-state index contributed by atoms with van der Waals surface area (Å²) < 4.78 is 0. The molecule has 27 heavy (non-hydrogen) atoms. The Morgan fingerprint density at radius 2 is 1.67 bits per heavy atom. The molecule has 1 N–H and O–H groups in total. The summed E-state index contributed by atoms with van der Waals surface area (Å²) in [5.74, 6) is -0.320. The van der Waals surface area contributed by atoms with Crippen LogP contribution in [0, 0.1) is 0 Å². The average molecular weight is 393 g/mol. The van der Waals surface area contributed by atoms with Gasteiger partial charge >= 0.3 is 0 Å². The molecule has 0 saturated carbocycles. The van der Waals surface area contributed by atoms with Crippen LogP contribution in [0.5, 0.6) is 0 Å². The molecule has 0 unspecified atom stereocenters. The molecule has 0 fully saturated rings. The van der Waals surface area contributed by atoms with E-state index in [1.54, 1.807) is 24.5 Å². The predicted octanol–water partition coefficient (Wildman–Crippen LogP) is 5.17. The van der Waals surface area contributed by atoms with Gasteiger partial charge in [0.05, 0.1) is 22.0 Å². The highest BCUT2D eigenvalue weighted by atomic mass is 35.5. The Morgan fingerprint density at radius 1 is 0.926 bits per heavy atom. The van der Waals surface area contributed by atoms with Crippen molar-refractivity contribution in [3.05, 3.63) is 83.0 Å². The van der Waals surface area contributed by atoms with Gasteiger partial charge in [0.2, 0.25) is 0 Å². The first kappa shape index (κ1) is 17.3. The number of carbonyl (C=O) groups is 1. The summed E-state index contributed by atoms with van der Waals surface area (Å²) in [6.07, 6.45) is 3.41. The molecule has 0 spiro atoms. The lowest BCUT2D eigenvalue weighted by molar-refractivity contribution is 0.102. The number of anilines is 1. The quantitative estimate of drug-likeness (QED) is 0.520. The highest BCUT2D eigenvalue weighted by Crippen LogP contribution is 2.27. The third-order valence-corrected chi connectivity index (χ3v) is 4.91. The van der Waals surface area contributed by atoms with E-state index in [1.165, 1.54) is 11.3 Å². The summed E-state index contributed by atoms with van der Waals surface area (Å²) in [4.78, 5) is 25.7. The molecule has 0 aliphatic rings. The minimum Gasteiger partial charge on any atom is -0.298 e. The molecule has 1 amide bonds. The second-order valence-electron chi connectivity index (χ2n) is 5.62. The lowest BCUT2D eigenvalue weighted by Crippen LogP contribution is -2.12. The lowest BCUT2D eigenvalue weighted by Gasteiger charge is -2.07. The summed E-state index contributed by atoms with van der Waals surface area (Å²) in [6.45, 7) is 0. The lowest BCUT2D eigenvalue weighted by atomic mass is 10.1. The van der Waals surface area contributed by atoms with Crippen molar-refractivity contribution in [2.75, 3.05) is 5.32 Å². The summed E-state index contributed by atoms with van der Waals surface area (Å²) in [6, 6.07) is 16.5. The molecule has 0 aliphatic carbocycles. The van der Waals surface area contributed by atoms with Crippen LogP contribution in [0.1, 0.15) is 10.4 Å². The molecule has 0 bridgehead atoms. The Labute approximate surface area is 164 Å². The number of halogens is 1. The van der Waals surface area contributed by atoms with Gasteiger partial charge in [0.15, 0.2) is 5.13 Å². The Kier molecular flexibility index (Phi) is 4.91. The fourth-order valence-electron chi connectivity index (χ4n) is 2.52. The van der Waals surface area contributed by atoms with Gasteiger partial charge < -0.3 is 0 Å². The summed E-state index contributed by atoms with van der Waals surface area (Å²) in [7, 11) is 0. The van der Waals surface area contributed by atoms with Gasteiger partial charge in [-0.3, -0.25) is 20.1 Å². The number of nitrogens with one attached hydrogen (secondary N) is 1. The number of pyridine rings is 2. The SMILES string of the molecule is O=C(Nc1nc(-c2ccccn2)cs1)c1cc(-c2ccccn2)ccc1Cl. The van der Waals surface area contributed by atoms with Gasteiger partial charge in [0.1, 0.15) is 5.69 Å². The average Bonchev–Trinajstić information content (AvgIpc) is 3.18. The zero-order chi connectivity index (χ0) is 18.6. The maximum atomic E-state index is 12.7. The first-order chi connectivity index (χ1) is 13.2. The molecule has 0 atom stereocenters. The number of carbonyl (C=O) groups excluding carboxylic acids is 1. The van der Waals surface area contributed by atoms with Crippen LogP contribution in [-0.4, -0.2) is 20.9 Å². The number of benzene rings is 1. The van der Waals surface area contributed by atoms with Gasteiger partial charge in [-0.15, -0.1) is 11.3 Å². The van der Waals surface area contributed by atoms with E-state index in [9.17, 15) is 4.79 Å². The monoisotopic (exact) mass is 392 g/mol. The third-order valence-electron chi connectivity index (χ3n) is 3.82. The highest BCUT2D eigenvalue weighted by molar-refractivity contribution is 7.14. The van der Waals surface area contributed by atoms with Crippen molar-refractivity contribution in [3.8, 4) is 22.6 Å². The molecular weight excluding hydrogens is 380 g/mol. The maximum Gasteiger partial charge on any atom is 0.258 e. The number of hydrogen-bond donors (Lipinski definition) is 1. The Hall–Kier alpha value is -3.09. The van der Waals surface area contributed by atoms with Crippen molar-refractivity contribution in [2.24, 2.45) is 0 Å². The molecule has 5 nitrogen and oxygen atoms in total. The third kappa shape index (κ3) is 3.86. The standard InChI is InChI=1S/C20H13ClN4OS/c21-15-8-7-13(16-5-1-3-9-22-16)11-14(15)19(26)25-20-24-18(12-27-20)17-6-2-4-10-23-17/h1-12H,(H,24,25,26). The van der Waals surface area contributed by atoms with Crippen LogP contribution in [0.25, 0.3) is 22.6 Å². The summed E-state index contributed by atoms with van der Waals surface area (Å²) in [5, 5.41) is 5.51. The largest absolute Gasteiger partial charge is 0.298 e. The number of amides is 1. The van der Waals surface area contributed by atoms with Crippen molar-refractivity contribution in [1.82, 2.24) is 15.0 Å². The van der Waals surface area contributed by atoms with Crippen molar-refractivity contribution in [2.45, 2.75) is 0 Å². The minimum absolute atomic E-state index is 0.320. The fraction of sp³-hybridized carbons (Fsp3) is 0. The van der Waals surface area contributed by atoms with Crippen LogP contribution in [0.15, 0.2) is 72.4 Å². The van der Waals surface area contributed by atoms with Crippen molar-refractivity contribution < 1.29 is 4.79 Å². The van der Waals surface area contributed by atoms with E-state index in [0.29, 0.717) is 21.4 Å². The van der Waals surface area contributed by atoms with Gasteiger partial charge in [0, 0.05) is 23.3 Å². The smallest absolute Gasteiger partial charge is 0.258 e. The molecule has 0 saturated heterocycles. The molecule has 132 valence electrons. The normalized spacial score (nSPS) is 10.6. The number of rotatable bonds is 4. The van der Waals surface area contributed by atoms with E-state index >= 15 is 0 Å². The first-order valence-corrected chi connectivity index (χ1v) is 9.36. The zero-order valence-electron chi connectivity index (χ0n) is 14.0. The second kappa shape index (κ2) is 7.65. The van der Waals surface area contributed by atoms with E-state index in [-0.39, 0.29) is 5.91 Å². The van der Waals surface area contributed by atoms with Gasteiger partial charge in [-0.05, 0) is 36.4 Å². The van der Waals surface area contributed by atoms with Crippen LogP contribution < -0.4 is 5.32 Å². The molecule has 0 radical (unpaired) electrons. The van der Waals surface area contributed by atoms with E-state index in [0.717, 1.165) is 17.0 Å². The molecule has 4 aromatic rings. The Bertz CT molecular complexity index is 1080. The molecular formula is C20H13ClN4OS. The van der Waals surface area contributed by atoms with Crippen LogP contribution >= 0.6 is 22.9 Å². The summed E-state index contributed by atoms with van der Waals surface area (Å²) >= 11 is 7.57. The fourth-order valence-corrected chi connectivity index (χ4v) is 3.42. The van der Waals surface area contributed by atoms with Crippen molar-refractivity contribution >= 4 is 34.0 Å². The van der Waals surface area contributed by atoms with Gasteiger partial charge in [0.25, 0.3) is 5.91 Å². The van der Waals surface area contributed by atoms with E-state index < -0.39 is 0 Å². The Morgan fingerprint density at radius 3 is 2.37 bits per heavy atom. The summed E-state index contributed by atoms with van der Waals surface area (Å²) in [5.41, 5.74) is 3.43. The molecule has 7 heteroatoms. The van der Waals surface area contributed by atoms with Gasteiger partial charge in [-0.25, -0.2) is 4.98 Å². The number of nitrogens with zero attached hydrogens (tertiary/aromatic N) is 3. The molecule has 3 heterocycles. The first-order valence-electron chi connectivity index (χ1n) is 8.10. The van der Waals surface area contributed by atoms with E-state index in [4.69, 9.17) is 11.6 Å². The van der Waals surface area contributed by atoms with Crippen molar-refractivity contribution in [3.63, 3.8) is 0 Å². The molecule has 1 aromatic carbocycles. The van der Waals surface area contributed by atoms with Gasteiger partial charge in [-0.1, -0.05) is 29.8 Å². The van der Waals surface area contributed by atoms with Crippen LogP contribution in [0.2, 0.25) is 5.02 Å². The van der Waals surface area contributed by atoms with Crippen LogP contribution in [0.4, 0.5) is 5.13 Å². The minimum atomic E-state index is -0.320. The Balaban J connectivity index is 1.58. The molecule has 3 aromatic heterocycles.